The summed E-state index contributed by atoms with van der Waals surface area (Å²) in [4.78, 5) is 22.8. The zero-order chi connectivity index (χ0) is 13.8. The number of nitrogens with zero attached hydrogens (tertiary/aromatic N) is 1. The maximum Gasteiger partial charge on any atom is 0.321 e. The smallest absolute Gasteiger partial charge is 0.321 e. The standard InChI is InChI=1S/C12H17N3O3S/c1-7-10(8(2)18-15-7)5-19-6-11(16)14-12(17)13-9-3-4-9/h9H,3-6H2,1-2H3,(H2,13,14,16,17). The number of aromatic nitrogens is 1. The Morgan fingerprint density at radius 1 is 1.42 bits per heavy atom. The number of rotatable bonds is 5. The van der Waals surface area contributed by atoms with Crippen LogP contribution in [0.5, 0.6) is 0 Å². The molecule has 0 bridgehead atoms. The van der Waals surface area contributed by atoms with E-state index in [1.165, 1.54) is 11.8 Å². The van der Waals surface area contributed by atoms with Gasteiger partial charge in [-0.15, -0.1) is 11.8 Å². The third-order valence-corrected chi connectivity index (χ3v) is 3.79. The average Bonchev–Trinajstić information content (AvgIpc) is 3.09. The molecule has 2 N–H and O–H groups in total. The molecular weight excluding hydrogens is 266 g/mol. The first-order valence-electron chi connectivity index (χ1n) is 6.16. The SMILES string of the molecule is Cc1noc(C)c1CSCC(=O)NC(=O)NC1CC1. The Balaban J connectivity index is 1.67. The number of carbonyl (C=O) groups is 2. The molecule has 1 heterocycles. The molecule has 6 nitrogen and oxygen atoms in total. The van der Waals surface area contributed by atoms with Crippen LogP contribution in [-0.4, -0.2) is 28.9 Å². The minimum absolute atomic E-state index is 0.238. The van der Waals surface area contributed by atoms with Crippen molar-refractivity contribution < 1.29 is 14.1 Å². The molecule has 1 aliphatic carbocycles. The van der Waals surface area contributed by atoms with Gasteiger partial charge in [-0.1, -0.05) is 5.16 Å². The fourth-order valence-corrected chi connectivity index (χ4v) is 2.54. The predicted octanol–water partition coefficient (Wildman–Crippen LogP) is 1.51. The first kappa shape index (κ1) is 13.9. The highest BCUT2D eigenvalue weighted by atomic mass is 32.2. The molecule has 1 aromatic rings. The molecule has 7 heteroatoms. The summed E-state index contributed by atoms with van der Waals surface area (Å²) in [5.41, 5.74) is 1.86. The van der Waals surface area contributed by atoms with Crippen molar-refractivity contribution in [1.29, 1.82) is 0 Å². The van der Waals surface area contributed by atoms with Gasteiger partial charge in [-0.3, -0.25) is 10.1 Å². The number of urea groups is 1. The van der Waals surface area contributed by atoms with Crippen LogP contribution in [-0.2, 0) is 10.5 Å². The van der Waals surface area contributed by atoms with Gasteiger partial charge in [-0.25, -0.2) is 4.79 Å². The Labute approximate surface area is 115 Å². The number of imide groups is 1. The summed E-state index contributed by atoms with van der Waals surface area (Å²) in [6.07, 6.45) is 2.00. The van der Waals surface area contributed by atoms with E-state index < -0.39 is 6.03 Å². The maximum atomic E-state index is 11.5. The molecule has 0 saturated heterocycles. The molecule has 0 radical (unpaired) electrons. The molecule has 1 saturated carbocycles. The largest absolute Gasteiger partial charge is 0.361 e. The summed E-state index contributed by atoms with van der Waals surface area (Å²) in [5.74, 6) is 1.38. The number of amides is 3. The van der Waals surface area contributed by atoms with E-state index in [1.54, 1.807) is 0 Å². The van der Waals surface area contributed by atoms with Gasteiger partial charge in [0.05, 0.1) is 11.4 Å². The van der Waals surface area contributed by atoms with E-state index in [2.05, 4.69) is 15.8 Å². The Hall–Kier alpha value is -1.50. The Morgan fingerprint density at radius 2 is 2.16 bits per heavy atom. The Bertz CT molecular complexity index is 463. The van der Waals surface area contributed by atoms with Gasteiger partial charge in [0.25, 0.3) is 0 Å². The lowest BCUT2D eigenvalue weighted by atomic mass is 10.2. The van der Waals surface area contributed by atoms with Gasteiger partial charge in [0.1, 0.15) is 5.76 Å². The number of hydrogen-bond acceptors (Lipinski definition) is 5. The topological polar surface area (TPSA) is 84.2 Å². The van der Waals surface area contributed by atoms with Gasteiger partial charge in [0.2, 0.25) is 5.91 Å². The van der Waals surface area contributed by atoms with Crippen LogP contribution in [0.25, 0.3) is 0 Å². The van der Waals surface area contributed by atoms with Crippen LogP contribution in [0.1, 0.15) is 29.9 Å². The van der Waals surface area contributed by atoms with E-state index in [9.17, 15) is 9.59 Å². The van der Waals surface area contributed by atoms with Crippen molar-refractivity contribution in [2.24, 2.45) is 0 Å². The molecule has 1 aliphatic rings. The third kappa shape index (κ3) is 4.27. The van der Waals surface area contributed by atoms with Gasteiger partial charge >= 0.3 is 6.03 Å². The van der Waals surface area contributed by atoms with Crippen LogP contribution in [0.3, 0.4) is 0 Å². The van der Waals surface area contributed by atoms with Crippen LogP contribution >= 0.6 is 11.8 Å². The van der Waals surface area contributed by atoms with Crippen LogP contribution in [0.15, 0.2) is 4.52 Å². The monoisotopic (exact) mass is 283 g/mol. The van der Waals surface area contributed by atoms with Gasteiger partial charge < -0.3 is 9.84 Å². The maximum absolute atomic E-state index is 11.5. The Morgan fingerprint density at radius 3 is 2.74 bits per heavy atom. The zero-order valence-corrected chi connectivity index (χ0v) is 11.8. The molecule has 104 valence electrons. The molecule has 0 spiro atoms. The van der Waals surface area contributed by atoms with Crippen molar-refractivity contribution in [2.45, 2.75) is 38.5 Å². The summed E-state index contributed by atoms with van der Waals surface area (Å²) in [7, 11) is 0. The number of thioether (sulfide) groups is 1. The van der Waals surface area contributed by atoms with Crippen LogP contribution in [0, 0.1) is 13.8 Å². The van der Waals surface area contributed by atoms with Gasteiger partial charge in [-0.2, -0.15) is 0 Å². The molecule has 0 aromatic carbocycles. The van der Waals surface area contributed by atoms with Crippen molar-refractivity contribution in [1.82, 2.24) is 15.8 Å². The minimum atomic E-state index is -0.398. The van der Waals surface area contributed by atoms with Crippen LogP contribution in [0.2, 0.25) is 0 Å². The lowest BCUT2D eigenvalue weighted by Crippen LogP contribution is -2.41. The summed E-state index contributed by atoms with van der Waals surface area (Å²) in [6.45, 7) is 3.72. The Kier molecular flexibility index (Phi) is 4.47. The highest BCUT2D eigenvalue weighted by Gasteiger charge is 2.23. The second kappa shape index (κ2) is 6.10. The molecule has 0 unspecified atom stereocenters. The van der Waals surface area contributed by atoms with E-state index in [1.807, 2.05) is 13.8 Å². The summed E-state index contributed by atoms with van der Waals surface area (Å²) in [5, 5.41) is 8.86. The fourth-order valence-electron chi connectivity index (χ4n) is 1.57. The van der Waals surface area contributed by atoms with Crippen molar-refractivity contribution in [3.63, 3.8) is 0 Å². The normalized spacial score (nSPS) is 14.2. The molecule has 1 fully saturated rings. The molecule has 3 amide bonds. The van der Waals surface area contributed by atoms with Crippen LogP contribution < -0.4 is 10.6 Å². The second-order valence-corrected chi connectivity index (χ2v) is 5.58. The summed E-state index contributed by atoms with van der Waals surface area (Å²) >= 11 is 1.43. The van der Waals surface area contributed by atoms with E-state index in [0.717, 1.165) is 29.9 Å². The van der Waals surface area contributed by atoms with Gasteiger partial charge in [-0.05, 0) is 26.7 Å². The van der Waals surface area contributed by atoms with Gasteiger partial charge in [0, 0.05) is 17.4 Å². The highest BCUT2D eigenvalue weighted by molar-refractivity contribution is 7.99. The lowest BCUT2D eigenvalue weighted by Gasteiger charge is -2.05. The van der Waals surface area contributed by atoms with Gasteiger partial charge in [0.15, 0.2) is 0 Å². The third-order valence-electron chi connectivity index (χ3n) is 2.83. The first-order chi connectivity index (χ1) is 9.06. The first-order valence-corrected chi connectivity index (χ1v) is 7.31. The quantitative estimate of drug-likeness (QED) is 0.855. The minimum Gasteiger partial charge on any atom is -0.361 e. The fraction of sp³-hybridized carbons (Fsp3) is 0.583. The van der Waals surface area contributed by atoms with Crippen molar-refractivity contribution in [3.8, 4) is 0 Å². The van der Waals surface area contributed by atoms with E-state index in [0.29, 0.717) is 5.75 Å². The molecular formula is C12H17N3O3S. The average molecular weight is 283 g/mol. The van der Waals surface area contributed by atoms with E-state index in [4.69, 9.17) is 4.52 Å². The number of aryl methyl sites for hydroxylation is 2. The number of nitrogens with one attached hydrogen (secondary N) is 2. The van der Waals surface area contributed by atoms with Crippen molar-refractivity contribution in [3.05, 3.63) is 17.0 Å². The summed E-state index contributed by atoms with van der Waals surface area (Å²) in [6, 6.07) is -0.145. The molecule has 0 aliphatic heterocycles. The number of hydrogen-bond donors (Lipinski definition) is 2. The molecule has 2 rings (SSSR count). The van der Waals surface area contributed by atoms with Crippen molar-refractivity contribution >= 4 is 23.7 Å². The molecule has 1 aromatic heterocycles. The molecule has 19 heavy (non-hydrogen) atoms. The summed E-state index contributed by atoms with van der Waals surface area (Å²) < 4.78 is 5.04. The second-order valence-electron chi connectivity index (χ2n) is 4.59. The highest BCUT2D eigenvalue weighted by Crippen LogP contribution is 2.19. The number of carbonyl (C=O) groups excluding carboxylic acids is 2. The van der Waals surface area contributed by atoms with E-state index >= 15 is 0 Å². The van der Waals surface area contributed by atoms with E-state index in [-0.39, 0.29) is 17.7 Å². The molecule has 0 atom stereocenters. The zero-order valence-electron chi connectivity index (χ0n) is 11.0. The van der Waals surface area contributed by atoms with Crippen LogP contribution in [0.4, 0.5) is 4.79 Å². The van der Waals surface area contributed by atoms with Crippen molar-refractivity contribution in [2.75, 3.05) is 5.75 Å². The lowest BCUT2D eigenvalue weighted by molar-refractivity contribution is -0.117. The predicted molar refractivity (Wildman–Crippen MR) is 71.8 cm³/mol.